The summed E-state index contributed by atoms with van der Waals surface area (Å²) >= 11 is 0. The first-order chi connectivity index (χ1) is 12.0. The molecule has 0 N–H and O–H groups in total. The van der Waals surface area contributed by atoms with Gasteiger partial charge in [0.1, 0.15) is 5.82 Å². The third kappa shape index (κ3) is 3.29. The van der Waals surface area contributed by atoms with Gasteiger partial charge < -0.3 is 0 Å². The van der Waals surface area contributed by atoms with Crippen LogP contribution < -0.4 is 0 Å². The first kappa shape index (κ1) is 16.2. The van der Waals surface area contributed by atoms with Gasteiger partial charge in [0.15, 0.2) is 9.84 Å². The average molecular weight is 359 g/mol. The van der Waals surface area contributed by atoms with E-state index in [9.17, 15) is 12.8 Å². The largest absolute Gasteiger partial charge is 0.297 e. The van der Waals surface area contributed by atoms with E-state index >= 15 is 0 Å². The minimum Gasteiger partial charge on any atom is -0.297 e. The Morgan fingerprint density at radius 2 is 1.92 bits per heavy atom. The fraction of sp³-hybridized carbons (Fsp3) is 0.278. The van der Waals surface area contributed by atoms with Gasteiger partial charge in [0.25, 0.3) is 0 Å². The van der Waals surface area contributed by atoms with E-state index in [1.54, 1.807) is 22.8 Å². The Hall–Kier alpha value is -2.25. The number of fused-ring (bicyclic) bond motifs is 1. The Labute approximate surface area is 145 Å². The molecule has 0 saturated carbocycles. The van der Waals surface area contributed by atoms with E-state index in [1.165, 1.54) is 0 Å². The lowest BCUT2D eigenvalue weighted by atomic mass is 10.0. The van der Waals surface area contributed by atoms with Crippen LogP contribution in [0.2, 0.25) is 0 Å². The van der Waals surface area contributed by atoms with E-state index < -0.39 is 9.84 Å². The van der Waals surface area contributed by atoms with E-state index in [4.69, 9.17) is 0 Å². The van der Waals surface area contributed by atoms with Crippen LogP contribution in [-0.2, 0) is 16.4 Å². The van der Waals surface area contributed by atoms with Crippen molar-refractivity contribution < 1.29 is 12.8 Å². The predicted molar refractivity (Wildman–Crippen MR) is 94.5 cm³/mol. The summed E-state index contributed by atoms with van der Waals surface area (Å²) in [5.41, 5.74) is 3.24. The Kier molecular flexibility index (Phi) is 4.05. The molecule has 4 rings (SSSR count). The van der Waals surface area contributed by atoms with Crippen molar-refractivity contribution in [3.63, 3.8) is 0 Å². The molecule has 0 bridgehead atoms. The molecule has 0 amide bonds. The van der Waals surface area contributed by atoms with Crippen LogP contribution in [0.3, 0.4) is 0 Å². The van der Waals surface area contributed by atoms with Crippen LogP contribution >= 0.6 is 0 Å². The smallest absolute Gasteiger partial charge is 0.152 e. The molecule has 1 aromatic carbocycles. The summed E-state index contributed by atoms with van der Waals surface area (Å²) in [5, 5.41) is 4.20. The van der Waals surface area contributed by atoms with Crippen LogP contribution in [0.1, 0.15) is 5.56 Å². The molecular formula is C18H18FN3O2S. The number of hydrogen-bond donors (Lipinski definition) is 0. The maximum absolute atomic E-state index is 14.6. The summed E-state index contributed by atoms with van der Waals surface area (Å²) in [6, 6.07) is 11.0. The highest BCUT2D eigenvalue weighted by atomic mass is 32.2. The minimum absolute atomic E-state index is 0.149. The molecule has 5 nitrogen and oxygen atoms in total. The van der Waals surface area contributed by atoms with Gasteiger partial charge >= 0.3 is 0 Å². The Morgan fingerprint density at radius 3 is 2.68 bits per heavy atom. The normalized spacial score (nSPS) is 17.8. The maximum Gasteiger partial charge on any atom is 0.152 e. The fourth-order valence-corrected chi connectivity index (χ4v) is 4.47. The van der Waals surface area contributed by atoms with Crippen molar-refractivity contribution in [1.29, 1.82) is 0 Å². The van der Waals surface area contributed by atoms with Gasteiger partial charge in [-0.2, -0.15) is 5.10 Å². The van der Waals surface area contributed by atoms with Gasteiger partial charge in [0, 0.05) is 43.2 Å². The summed E-state index contributed by atoms with van der Waals surface area (Å²) in [6.45, 7) is 1.34. The molecule has 0 spiro atoms. The van der Waals surface area contributed by atoms with Gasteiger partial charge in [0.2, 0.25) is 0 Å². The zero-order chi connectivity index (χ0) is 17.4. The molecule has 25 heavy (non-hydrogen) atoms. The van der Waals surface area contributed by atoms with Crippen LogP contribution in [0.4, 0.5) is 4.39 Å². The van der Waals surface area contributed by atoms with Crippen LogP contribution in [0.25, 0.3) is 16.6 Å². The predicted octanol–water partition coefficient (Wildman–Crippen LogP) is 2.37. The third-order valence-electron chi connectivity index (χ3n) is 4.63. The van der Waals surface area contributed by atoms with Crippen molar-refractivity contribution in [2.45, 2.75) is 6.54 Å². The summed E-state index contributed by atoms with van der Waals surface area (Å²) in [6.07, 6.45) is 3.57. The molecule has 3 heterocycles. The van der Waals surface area contributed by atoms with Gasteiger partial charge in [-0.05, 0) is 23.8 Å². The van der Waals surface area contributed by atoms with Crippen LogP contribution in [0, 0.1) is 5.82 Å². The van der Waals surface area contributed by atoms with Crippen molar-refractivity contribution in [1.82, 2.24) is 14.5 Å². The minimum atomic E-state index is -2.92. The zero-order valence-corrected chi connectivity index (χ0v) is 14.4. The number of rotatable bonds is 3. The van der Waals surface area contributed by atoms with Crippen LogP contribution in [-0.4, -0.2) is 47.5 Å². The topological polar surface area (TPSA) is 54.7 Å². The molecule has 1 saturated heterocycles. The highest BCUT2D eigenvalue weighted by Gasteiger charge is 2.22. The van der Waals surface area contributed by atoms with E-state index in [2.05, 4.69) is 5.10 Å². The quantitative estimate of drug-likeness (QED) is 0.720. The van der Waals surface area contributed by atoms with Crippen molar-refractivity contribution >= 4 is 15.4 Å². The summed E-state index contributed by atoms with van der Waals surface area (Å²) in [7, 11) is -2.92. The number of nitrogens with zero attached hydrogens (tertiary/aromatic N) is 3. The third-order valence-corrected chi connectivity index (χ3v) is 6.24. The molecule has 0 atom stereocenters. The number of benzene rings is 1. The first-order valence-corrected chi connectivity index (χ1v) is 9.98. The second-order valence-corrected chi connectivity index (χ2v) is 8.62. The molecule has 0 unspecified atom stereocenters. The second kappa shape index (κ2) is 6.24. The van der Waals surface area contributed by atoms with E-state index in [1.807, 2.05) is 35.4 Å². The fourth-order valence-electron chi connectivity index (χ4n) is 3.19. The average Bonchev–Trinajstić information content (AvgIpc) is 3.07. The standard InChI is InChI=1S/C18H18FN3O2S/c19-17-12-14(16-2-1-7-22-18(16)5-6-20-22)3-4-15(17)13-21-8-10-25(23,24)11-9-21/h1-7,12H,8-11,13H2. The lowest BCUT2D eigenvalue weighted by molar-refractivity contribution is 0.283. The second-order valence-electron chi connectivity index (χ2n) is 6.32. The number of pyridine rings is 1. The molecule has 2 aromatic heterocycles. The van der Waals surface area contributed by atoms with Crippen molar-refractivity contribution in [3.8, 4) is 11.1 Å². The highest BCUT2D eigenvalue weighted by molar-refractivity contribution is 7.91. The molecule has 0 aliphatic carbocycles. The molecule has 3 aromatic rings. The van der Waals surface area contributed by atoms with Gasteiger partial charge in [-0.25, -0.2) is 17.3 Å². The van der Waals surface area contributed by atoms with Crippen LogP contribution in [0.5, 0.6) is 0 Å². The molecular weight excluding hydrogens is 341 g/mol. The maximum atomic E-state index is 14.6. The number of halogens is 1. The number of sulfone groups is 1. The first-order valence-electron chi connectivity index (χ1n) is 8.16. The van der Waals surface area contributed by atoms with E-state index in [-0.39, 0.29) is 17.3 Å². The number of hydrogen-bond acceptors (Lipinski definition) is 4. The molecule has 0 radical (unpaired) electrons. The SMILES string of the molecule is O=S1(=O)CCN(Cc2ccc(-c3cccn4nccc34)cc2F)CC1. The Morgan fingerprint density at radius 1 is 1.12 bits per heavy atom. The molecule has 130 valence electrons. The lowest BCUT2D eigenvalue weighted by Gasteiger charge is -2.26. The van der Waals surface area contributed by atoms with Gasteiger partial charge in [-0.3, -0.25) is 4.90 Å². The zero-order valence-electron chi connectivity index (χ0n) is 13.6. The van der Waals surface area contributed by atoms with E-state index in [0.29, 0.717) is 25.2 Å². The summed E-state index contributed by atoms with van der Waals surface area (Å²) in [5.74, 6) is 0.0266. The molecule has 1 fully saturated rings. The van der Waals surface area contributed by atoms with Crippen LogP contribution in [0.15, 0.2) is 48.8 Å². The van der Waals surface area contributed by atoms with Gasteiger partial charge in [-0.1, -0.05) is 18.2 Å². The molecule has 7 heteroatoms. The van der Waals surface area contributed by atoms with Crippen molar-refractivity contribution in [2.75, 3.05) is 24.6 Å². The Balaban J connectivity index is 1.58. The summed E-state index contributed by atoms with van der Waals surface area (Å²) < 4.78 is 39.3. The van der Waals surface area contributed by atoms with Gasteiger partial charge in [0.05, 0.1) is 17.0 Å². The molecule has 1 aliphatic rings. The summed E-state index contributed by atoms with van der Waals surface area (Å²) in [4.78, 5) is 1.98. The molecule has 1 aliphatic heterocycles. The number of aromatic nitrogens is 2. The highest BCUT2D eigenvalue weighted by Crippen LogP contribution is 2.26. The Bertz CT molecular complexity index is 1020. The lowest BCUT2D eigenvalue weighted by Crippen LogP contribution is -2.39. The van der Waals surface area contributed by atoms with Gasteiger partial charge in [-0.15, -0.1) is 0 Å². The van der Waals surface area contributed by atoms with E-state index in [0.717, 1.165) is 16.6 Å². The monoisotopic (exact) mass is 359 g/mol. The van der Waals surface area contributed by atoms with Crippen molar-refractivity contribution in [3.05, 3.63) is 60.2 Å². The van der Waals surface area contributed by atoms with Crippen molar-refractivity contribution in [2.24, 2.45) is 0 Å².